The van der Waals surface area contributed by atoms with Crippen LogP contribution in [0.25, 0.3) is 0 Å². The molecule has 0 fully saturated rings. The summed E-state index contributed by atoms with van der Waals surface area (Å²) in [5.41, 5.74) is 1.14. The third-order valence-corrected chi connectivity index (χ3v) is 4.51. The van der Waals surface area contributed by atoms with Crippen LogP contribution in [0.5, 0.6) is 5.75 Å². The monoisotopic (exact) mass is 383 g/mol. The van der Waals surface area contributed by atoms with Gasteiger partial charge < -0.3 is 14.8 Å². The third-order valence-electron chi connectivity index (χ3n) is 4.51. The van der Waals surface area contributed by atoms with E-state index in [1.807, 2.05) is 32.0 Å². The van der Waals surface area contributed by atoms with E-state index in [2.05, 4.69) is 5.32 Å². The van der Waals surface area contributed by atoms with Crippen LogP contribution in [0, 0.1) is 5.92 Å². The first-order valence-electron chi connectivity index (χ1n) is 9.16. The van der Waals surface area contributed by atoms with E-state index in [0.29, 0.717) is 16.9 Å². The van der Waals surface area contributed by atoms with Gasteiger partial charge in [-0.25, -0.2) is 4.79 Å². The number of hydrogen-bond donors (Lipinski definition) is 1. The Morgan fingerprint density at radius 2 is 1.57 bits per heavy atom. The standard InChI is InChI=1S/C22H25NO5/c1-4-15(2)20(22(26)27-3)23-19(24)14-28-18-12-10-17(11-13-18)21(25)16-8-6-5-7-9-16/h5-13,15,20H,4,14H2,1-3H3,(H,23,24)/t15-,20-/m1/s1. The number of carbonyl (C=O) groups is 3. The molecule has 0 spiro atoms. The molecule has 28 heavy (non-hydrogen) atoms. The highest BCUT2D eigenvalue weighted by atomic mass is 16.5. The first kappa shape index (κ1) is 21.2. The van der Waals surface area contributed by atoms with E-state index >= 15 is 0 Å². The Morgan fingerprint density at radius 1 is 0.964 bits per heavy atom. The largest absolute Gasteiger partial charge is 0.484 e. The second kappa shape index (κ2) is 10.3. The molecule has 0 radical (unpaired) electrons. The summed E-state index contributed by atoms with van der Waals surface area (Å²) in [6.45, 7) is 3.56. The van der Waals surface area contributed by atoms with Crippen molar-refractivity contribution >= 4 is 17.7 Å². The van der Waals surface area contributed by atoms with Crippen LogP contribution in [-0.4, -0.2) is 37.4 Å². The Hall–Kier alpha value is -3.15. The van der Waals surface area contributed by atoms with Crippen LogP contribution >= 0.6 is 0 Å². The van der Waals surface area contributed by atoms with Crippen molar-refractivity contribution in [2.75, 3.05) is 13.7 Å². The number of esters is 1. The Kier molecular flexibility index (Phi) is 7.75. The highest BCUT2D eigenvalue weighted by molar-refractivity contribution is 6.09. The lowest BCUT2D eigenvalue weighted by Gasteiger charge is -2.21. The Balaban J connectivity index is 1.92. The number of benzene rings is 2. The van der Waals surface area contributed by atoms with Crippen molar-refractivity contribution in [2.24, 2.45) is 5.92 Å². The van der Waals surface area contributed by atoms with Gasteiger partial charge >= 0.3 is 5.97 Å². The van der Waals surface area contributed by atoms with Crippen LogP contribution in [-0.2, 0) is 14.3 Å². The fourth-order valence-corrected chi connectivity index (χ4v) is 2.62. The number of carbonyl (C=O) groups excluding carboxylic acids is 3. The van der Waals surface area contributed by atoms with E-state index in [9.17, 15) is 14.4 Å². The van der Waals surface area contributed by atoms with Gasteiger partial charge in [0.25, 0.3) is 5.91 Å². The van der Waals surface area contributed by atoms with Crippen LogP contribution < -0.4 is 10.1 Å². The van der Waals surface area contributed by atoms with Gasteiger partial charge in [-0.2, -0.15) is 0 Å². The highest BCUT2D eigenvalue weighted by Gasteiger charge is 2.26. The van der Waals surface area contributed by atoms with Gasteiger partial charge in [0.2, 0.25) is 0 Å². The van der Waals surface area contributed by atoms with E-state index in [-0.39, 0.29) is 18.3 Å². The average Bonchev–Trinajstić information content (AvgIpc) is 2.75. The second-order valence-electron chi connectivity index (χ2n) is 6.46. The van der Waals surface area contributed by atoms with Crippen LogP contribution in [0.2, 0.25) is 0 Å². The summed E-state index contributed by atoms with van der Waals surface area (Å²) in [4.78, 5) is 36.3. The molecule has 2 rings (SSSR count). The molecule has 0 unspecified atom stereocenters. The zero-order valence-electron chi connectivity index (χ0n) is 16.3. The maximum Gasteiger partial charge on any atom is 0.328 e. The minimum Gasteiger partial charge on any atom is -0.484 e. The molecule has 6 nitrogen and oxygen atoms in total. The van der Waals surface area contributed by atoms with Gasteiger partial charge in [-0.1, -0.05) is 50.6 Å². The lowest BCUT2D eigenvalue weighted by molar-refractivity contribution is -0.146. The average molecular weight is 383 g/mol. The predicted molar refractivity (Wildman–Crippen MR) is 105 cm³/mol. The SMILES string of the molecule is CC[C@@H](C)[C@@H](NC(=O)COc1ccc(C(=O)c2ccccc2)cc1)C(=O)OC. The molecule has 1 amide bonds. The van der Waals surface area contributed by atoms with Crippen molar-refractivity contribution in [3.8, 4) is 5.75 Å². The van der Waals surface area contributed by atoms with Crippen molar-refractivity contribution < 1.29 is 23.9 Å². The maximum absolute atomic E-state index is 12.4. The molecule has 148 valence electrons. The molecule has 0 saturated carbocycles. The normalized spacial score (nSPS) is 12.5. The summed E-state index contributed by atoms with van der Waals surface area (Å²) in [5, 5.41) is 2.65. The summed E-state index contributed by atoms with van der Waals surface area (Å²) in [6.07, 6.45) is 0.720. The van der Waals surface area contributed by atoms with Gasteiger partial charge in [0.15, 0.2) is 12.4 Å². The van der Waals surface area contributed by atoms with Crippen molar-refractivity contribution in [3.05, 3.63) is 65.7 Å². The van der Waals surface area contributed by atoms with Gasteiger partial charge in [-0.3, -0.25) is 9.59 Å². The van der Waals surface area contributed by atoms with Crippen LogP contribution in [0.15, 0.2) is 54.6 Å². The predicted octanol–water partition coefficient (Wildman–Crippen LogP) is 3.00. The molecular formula is C22H25NO5. The molecule has 0 heterocycles. The first-order chi connectivity index (χ1) is 13.5. The molecule has 0 aromatic heterocycles. The maximum atomic E-state index is 12.4. The number of rotatable bonds is 9. The van der Waals surface area contributed by atoms with Crippen molar-refractivity contribution in [1.82, 2.24) is 5.32 Å². The smallest absolute Gasteiger partial charge is 0.328 e. The number of ether oxygens (including phenoxy) is 2. The molecule has 2 aromatic carbocycles. The minimum atomic E-state index is -0.711. The summed E-state index contributed by atoms with van der Waals surface area (Å²) in [5.74, 6) is -0.580. The molecule has 0 bridgehead atoms. The van der Waals surface area contributed by atoms with Crippen molar-refractivity contribution in [3.63, 3.8) is 0 Å². The molecule has 2 atom stereocenters. The number of nitrogens with one attached hydrogen (secondary N) is 1. The lowest BCUT2D eigenvalue weighted by Crippen LogP contribution is -2.47. The molecule has 0 aliphatic carbocycles. The summed E-state index contributed by atoms with van der Waals surface area (Å²) < 4.78 is 10.2. The van der Waals surface area contributed by atoms with Crippen LogP contribution in [0.1, 0.15) is 36.2 Å². The van der Waals surface area contributed by atoms with E-state index in [1.54, 1.807) is 36.4 Å². The van der Waals surface area contributed by atoms with E-state index in [4.69, 9.17) is 9.47 Å². The third kappa shape index (κ3) is 5.67. The molecule has 0 aliphatic rings. The van der Waals surface area contributed by atoms with Gasteiger partial charge in [0.1, 0.15) is 11.8 Å². The Bertz CT molecular complexity index is 801. The fourth-order valence-electron chi connectivity index (χ4n) is 2.62. The Labute approximate surface area is 164 Å². The van der Waals surface area contributed by atoms with Crippen molar-refractivity contribution in [2.45, 2.75) is 26.3 Å². The van der Waals surface area contributed by atoms with Gasteiger partial charge in [0, 0.05) is 11.1 Å². The van der Waals surface area contributed by atoms with Gasteiger partial charge in [-0.05, 0) is 30.2 Å². The lowest BCUT2D eigenvalue weighted by atomic mass is 9.99. The zero-order valence-corrected chi connectivity index (χ0v) is 16.3. The fraction of sp³-hybridized carbons (Fsp3) is 0.318. The minimum absolute atomic E-state index is 0.0558. The summed E-state index contributed by atoms with van der Waals surface area (Å²) in [6, 6.07) is 14.8. The molecular weight excluding hydrogens is 358 g/mol. The van der Waals surface area contributed by atoms with Gasteiger partial charge in [-0.15, -0.1) is 0 Å². The molecule has 0 saturated heterocycles. The highest BCUT2D eigenvalue weighted by Crippen LogP contribution is 2.16. The zero-order chi connectivity index (χ0) is 20.5. The van der Waals surface area contributed by atoms with E-state index < -0.39 is 17.9 Å². The molecule has 0 aliphatic heterocycles. The van der Waals surface area contributed by atoms with Crippen LogP contribution in [0.3, 0.4) is 0 Å². The Morgan fingerprint density at radius 3 is 2.14 bits per heavy atom. The van der Waals surface area contributed by atoms with Crippen LogP contribution in [0.4, 0.5) is 0 Å². The number of ketones is 1. The van der Waals surface area contributed by atoms with Gasteiger partial charge in [0.05, 0.1) is 7.11 Å². The van der Waals surface area contributed by atoms with Crippen molar-refractivity contribution in [1.29, 1.82) is 0 Å². The quantitative estimate of drug-likeness (QED) is 0.532. The number of amides is 1. The summed E-state index contributed by atoms with van der Waals surface area (Å²) in [7, 11) is 1.29. The second-order valence-corrected chi connectivity index (χ2v) is 6.46. The van der Waals surface area contributed by atoms with E-state index in [1.165, 1.54) is 7.11 Å². The van der Waals surface area contributed by atoms with E-state index in [0.717, 1.165) is 6.42 Å². The molecule has 1 N–H and O–H groups in total. The molecule has 2 aromatic rings. The number of hydrogen-bond acceptors (Lipinski definition) is 5. The summed E-state index contributed by atoms with van der Waals surface area (Å²) >= 11 is 0. The first-order valence-corrected chi connectivity index (χ1v) is 9.16. The molecule has 6 heteroatoms. The number of methoxy groups -OCH3 is 1. The topological polar surface area (TPSA) is 81.7 Å².